The maximum atomic E-state index is 6.16. The predicted molar refractivity (Wildman–Crippen MR) is 80.4 cm³/mol. The summed E-state index contributed by atoms with van der Waals surface area (Å²) in [7, 11) is 0. The zero-order valence-corrected chi connectivity index (χ0v) is 11.5. The number of fused-ring (bicyclic) bond motifs is 1. The summed E-state index contributed by atoms with van der Waals surface area (Å²) in [6.45, 7) is 3.69. The molecule has 0 aliphatic carbocycles. The molecule has 0 amide bonds. The van der Waals surface area contributed by atoms with E-state index in [1.807, 2.05) is 36.4 Å². The Morgan fingerprint density at radius 3 is 2.83 bits per heavy atom. The van der Waals surface area contributed by atoms with Crippen molar-refractivity contribution in [2.75, 3.05) is 0 Å². The normalized spacial score (nSPS) is 11.9. The summed E-state index contributed by atoms with van der Waals surface area (Å²) in [5, 5.41) is 1.57. The van der Waals surface area contributed by atoms with E-state index in [9.17, 15) is 0 Å². The Bertz CT molecular complexity index is 540. The molecule has 0 spiro atoms. The van der Waals surface area contributed by atoms with E-state index in [4.69, 9.17) is 17.3 Å². The number of aromatic nitrogens is 1. The van der Waals surface area contributed by atoms with Gasteiger partial charge in [0.25, 0.3) is 0 Å². The molecule has 1 aromatic heterocycles. The van der Waals surface area contributed by atoms with E-state index >= 15 is 0 Å². The van der Waals surface area contributed by atoms with Gasteiger partial charge in [0.2, 0.25) is 0 Å². The Morgan fingerprint density at radius 2 is 2.11 bits per heavy atom. The first-order chi connectivity index (χ1) is 8.22. The third kappa shape index (κ3) is 3.22. The highest BCUT2D eigenvalue weighted by Crippen LogP contribution is 2.26. The molecule has 0 saturated carbocycles. The summed E-state index contributed by atoms with van der Waals surface area (Å²) in [6, 6.07) is 9.83. The summed E-state index contributed by atoms with van der Waals surface area (Å²) in [6.07, 6.45) is 3.58. The zero-order valence-electron chi connectivity index (χ0n) is 9.97. The van der Waals surface area contributed by atoms with Crippen molar-refractivity contribution in [3.63, 3.8) is 0 Å². The Morgan fingerprint density at radius 1 is 1.39 bits per heavy atom. The third-order valence-electron chi connectivity index (χ3n) is 2.79. The smallest absolute Gasteiger partial charge is 0.134 e. The molecule has 0 unspecified atom stereocenters. The number of hydrogen-bond acceptors (Lipinski definition) is 2. The SMILES string of the molecule is C=CCC[C@@H](N)c1cc2ccccc2nc1Cl.Cl. The molecule has 4 heteroatoms. The largest absolute Gasteiger partial charge is 0.324 e. The average molecular weight is 283 g/mol. The van der Waals surface area contributed by atoms with E-state index < -0.39 is 0 Å². The van der Waals surface area contributed by atoms with Gasteiger partial charge >= 0.3 is 0 Å². The number of pyridine rings is 1. The standard InChI is InChI=1S/C14H15ClN2.ClH/c1-2-3-7-12(16)11-9-10-6-4-5-8-13(10)17-14(11)15;/h2,4-6,8-9,12H,1,3,7,16H2;1H/t12-;/m1./s1. The van der Waals surface area contributed by atoms with E-state index in [0.29, 0.717) is 5.15 Å². The van der Waals surface area contributed by atoms with E-state index in [2.05, 4.69) is 11.6 Å². The first kappa shape index (κ1) is 15.0. The van der Waals surface area contributed by atoms with Crippen molar-refractivity contribution in [2.24, 2.45) is 5.73 Å². The molecule has 1 atom stereocenters. The van der Waals surface area contributed by atoms with E-state index in [0.717, 1.165) is 29.3 Å². The van der Waals surface area contributed by atoms with Crippen molar-refractivity contribution >= 4 is 34.9 Å². The minimum Gasteiger partial charge on any atom is -0.324 e. The second-order valence-electron chi connectivity index (χ2n) is 4.03. The lowest BCUT2D eigenvalue weighted by molar-refractivity contribution is 0.660. The number of nitrogens with zero attached hydrogens (tertiary/aromatic N) is 1. The second kappa shape index (κ2) is 6.74. The lowest BCUT2D eigenvalue weighted by atomic mass is 10.0. The molecule has 0 saturated heterocycles. The summed E-state index contributed by atoms with van der Waals surface area (Å²) in [5.41, 5.74) is 7.91. The van der Waals surface area contributed by atoms with Gasteiger partial charge in [-0.25, -0.2) is 4.98 Å². The van der Waals surface area contributed by atoms with Crippen molar-refractivity contribution < 1.29 is 0 Å². The molecule has 2 aromatic rings. The number of allylic oxidation sites excluding steroid dienone is 1. The van der Waals surface area contributed by atoms with Crippen LogP contribution in [0.5, 0.6) is 0 Å². The molecule has 0 fully saturated rings. The molecule has 2 rings (SSSR count). The highest BCUT2D eigenvalue weighted by atomic mass is 35.5. The summed E-state index contributed by atoms with van der Waals surface area (Å²) < 4.78 is 0. The lowest BCUT2D eigenvalue weighted by Gasteiger charge is -2.13. The molecule has 2 nitrogen and oxygen atoms in total. The van der Waals surface area contributed by atoms with Crippen LogP contribution in [0.15, 0.2) is 43.0 Å². The maximum absolute atomic E-state index is 6.16. The van der Waals surface area contributed by atoms with Crippen LogP contribution in [0.1, 0.15) is 24.4 Å². The fourth-order valence-electron chi connectivity index (χ4n) is 1.82. The van der Waals surface area contributed by atoms with Gasteiger partial charge in [0, 0.05) is 17.0 Å². The van der Waals surface area contributed by atoms with Crippen molar-refractivity contribution in [3.8, 4) is 0 Å². The Hall–Kier alpha value is -1.09. The second-order valence-corrected chi connectivity index (χ2v) is 4.39. The topological polar surface area (TPSA) is 38.9 Å². The van der Waals surface area contributed by atoms with Crippen LogP contribution in [-0.2, 0) is 0 Å². The van der Waals surface area contributed by atoms with Crippen molar-refractivity contribution in [1.82, 2.24) is 4.98 Å². The maximum Gasteiger partial charge on any atom is 0.134 e. The van der Waals surface area contributed by atoms with Gasteiger partial charge in [-0.1, -0.05) is 35.9 Å². The minimum absolute atomic E-state index is 0. The first-order valence-corrected chi connectivity index (χ1v) is 6.02. The quantitative estimate of drug-likeness (QED) is 0.672. The number of halogens is 2. The summed E-state index contributed by atoms with van der Waals surface area (Å²) in [4.78, 5) is 4.36. The summed E-state index contributed by atoms with van der Waals surface area (Å²) >= 11 is 6.16. The van der Waals surface area contributed by atoms with E-state index in [1.54, 1.807) is 0 Å². The Kier molecular flexibility index (Phi) is 5.60. The predicted octanol–water partition coefficient (Wildman–Crippen LogP) is 4.28. The van der Waals surface area contributed by atoms with Crippen LogP contribution in [0, 0.1) is 0 Å². The average Bonchev–Trinajstić information content (AvgIpc) is 2.35. The fraction of sp³-hybridized carbons (Fsp3) is 0.214. The zero-order chi connectivity index (χ0) is 12.3. The van der Waals surface area contributed by atoms with Crippen LogP contribution >= 0.6 is 24.0 Å². The van der Waals surface area contributed by atoms with Crippen molar-refractivity contribution in [2.45, 2.75) is 18.9 Å². The Balaban J connectivity index is 0.00000162. The van der Waals surface area contributed by atoms with Gasteiger partial charge in [-0.05, 0) is 25.0 Å². The minimum atomic E-state index is -0.0855. The molecule has 0 aliphatic rings. The van der Waals surface area contributed by atoms with Crippen molar-refractivity contribution in [3.05, 3.63) is 53.7 Å². The molecule has 0 bridgehead atoms. The molecule has 1 heterocycles. The first-order valence-electron chi connectivity index (χ1n) is 5.64. The number of nitrogens with two attached hydrogens (primary N) is 1. The van der Waals surface area contributed by atoms with Gasteiger partial charge in [0.1, 0.15) is 5.15 Å². The van der Waals surface area contributed by atoms with Crippen LogP contribution in [0.25, 0.3) is 10.9 Å². The molecule has 0 aliphatic heterocycles. The van der Waals surface area contributed by atoms with E-state index in [1.165, 1.54) is 0 Å². The molecular formula is C14H16Cl2N2. The van der Waals surface area contributed by atoms with Crippen LogP contribution < -0.4 is 5.73 Å². The number of rotatable bonds is 4. The van der Waals surface area contributed by atoms with Gasteiger partial charge in [-0.3, -0.25) is 0 Å². The number of benzene rings is 1. The van der Waals surface area contributed by atoms with Gasteiger partial charge in [-0.15, -0.1) is 19.0 Å². The third-order valence-corrected chi connectivity index (χ3v) is 3.09. The molecular weight excluding hydrogens is 267 g/mol. The highest BCUT2D eigenvalue weighted by Gasteiger charge is 2.11. The Labute approximate surface area is 118 Å². The van der Waals surface area contributed by atoms with Crippen LogP contribution in [-0.4, -0.2) is 4.98 Å². The monoisotopic (exact) mass is 282 g/mol. The molecule has 18 heavy (non-hydrogen) atoms. The molecule has 2 N–H and O–H groups in total. The molecule has 1 aromatic carbocycles. The van der Waals surface area contributed by atoms with Gasteiger partial charge in [0.05, 0.1) is 5.52 Å². The highest BCUT2D eigenvalue weighted by molar-refractivity contribution is 6.30. The fourth-order valence-corrected chi connectivity index (χ4v) is 2.11. The van der Waals surface area contributed by atoms with Crippen LogP contribution in [0.4, 0.5) is 0 Å². The molecule has 96 valence electrons. The molecule has 0 radical (unpaired) electrons. The van der Waals surface area contributed by atoms with Gasteiger partial charge in [0.15, 0.2) is 0 Å². The van der Waals surface area contributed by atoms with Crippen molar-refractivity contribution in [1.29, 1.82) is 0 Å². The van der Waals surface area contributed by atoms with Gasteiger partial charge < -0.3 is 5.73 Å². The summed E-state index contributed by atoms with van der Waals surface area (Å²) in [5.74, 6) is 0. The lowest BCUT2D eigenvalue weighted by Crippen LogP contribution is -2.11. The van der Waals surface area contributed by atoms with Crippen LogP contribution in [0.2, 0.25) is 5.15 Å². The number of hydrogen-bond donors (Lipinski definition) is 1. The number of para-hydroxylation sites is 1. The van der Waals surface area contributed by atoms with E-state index in [-0.39, 0.29) is 18.4 Å². The van der Waals surface area contributed by atoms with Gasteiger partial charge in [-0.2, -0.15) is 0 Å². The van der Waals surface area contributed by atoms with Crippen LogP contribution in [0.3, 0.4) is 0 Å².